The number of imide groups is 1. The van der Waals surface area contributed by atoms with Crippen molar-refractivity contribution >= 4 is 17.7 Å². The summed E-state index contributed by atoms with van der Waals surface area (Å²) in [5.41, 5.74) is 3.64. The lowest BCUT2D eigenvalue weighted by molar-refractivity contribution is -0.121. The molecule has 2 heterocycles. The van der Waals surface area contributed by atoms with E-state index in [0.29, 0.717) is 24.1 Å². The van der Waals surface area contributed by atoms with Gasteiger partial charge in [-0.2, -0.15) is 5.10 Å². The van der Waals surface area contributed by atoms with Crippen LogP contribution in [0.2, 0.25) is 0 Å². The summed E-state index contributed by atoms with van der Waals surface area (Å²) in [6.07, 6.45) is 0.641. The maximum Gasteiger partial charge on any atom is 0.262 e. The molecule has 0 unspecified atom stereocenters. The van der Waals surface area contributed by atoms with Crippen molar-refractivity contribution in [3.05, 3.63) is 52.3 Å². The maximum atomic E-state index is 12.2. The Balaban J connectivity index is 1.56. The predicted molar refractivity (Wildman–Crippen MR) is 86.6 cm³/mol. The smallest absolute Gasteiger partial charge is 0.262 e. The molecule has 7 heteroatoms. The van der Waals surface area contributed by atoms with E-state index in [1.54, 1.807) is 24.3 Å². The van der Waals surface area contributed by atoms with Crippen LogP contribution in [0.5, 0.6) is 0 Å². The van der Waals surface area contributed by atoms with Crippen molar-refractivity contribution in [2.75, 3.05) is 13.1 Å². The summed E-state index contributed by atoms with van der Waals surface area (Å²) in [6.45, 7) is 3.98. The average molecular weight is 326 g/mol. The molecule has 1 aliphatic rings. The lowest BCUT2D eigenvalue weighted by Gasteiger charge is -2.13. The van der Waals surface area contributed by atoms with E-state index in [1.807, 2.05) is 13.8 Å². The van der Waals surface area contributed by atoms with Gasteiger partial charge in [0.1, 0.15) is 6.54 Å². The molecule has 0 aliphatic carbocycles. The van der Waals surface area contributed by atoms with Crippen LogP contribution in [0.1, 0.15) is 37.7 Å². The van der Waals surface area contributed by atoms with Gasteiger partial charge in [-0.05, 0) is 38.0 Å². The highest BCUT2D eigenvalue weighted by molar-refractivity contribution is 6.22. The van der Waals surface area contributed by atoms with Crippen molar-refractivity contribution in [1.29, 1.82) is 0 Å². The van der Waals surface area contributed by atoms with Crippen molar-refractivity contribution in [3.8, 4) is 0 Å². The monoisotopic (exact) mass is 326 g/mol. The van der Waals surface area contributed by atoms with Crippen LogP contribution in [0, 0.1) is 13.8 Å². The maximum absolute atomic E-state index is 12.2. The standard InChI is InChI=1S/C17H18N4O3/c1-10-12(11(2)20-19-10)7-8-18-15(22)9-21-16(23)13-5-3-4-6-14(13)17(21)24/h3-6H,7-9H2,1-2H3,(H,18,22)(H,19,20). The van der Waals surface area contributed by atoms with Gasteiger partial charge in [0, 0.05) is 12.2 Å². The summed E-state index contributed by atoms with van der Waals surface area (Å²) in [5.74, 6) is -1.21. The number of aromatic nitrogens is 2. The van der Waals surface area contributed by atoms with Crippen molar-refractivity contribution in [2.45, 2.75) is 20.3 Å². The zero-order valence-corrected chi connectivity index (χ0v) is 13.5. The van der Waals surface area contributed by atoms with E-state index in [0.717, 1.165) is 21.9 Å². The van der Waals surface area contributed by atoms with Crippen LogP contribution in [0.25, 0.3) is 0 Å². The number of carbonyl (C=O) groups is 3. The number of nitrogens with zero attached hydrogens (tertiary/aromatic N) is 2. The number of hydrogen-bond donors (Lipinski definition) is 2. The first-order valence-electron chi connectivity index (χ1n) is 7.71. The molecule has 0 fully saturated rings. The molecule has 3 rings (SSSR count). The van der Waals surface area contributed by atoms with Gasteiger partial charge in [0.2, 0.25) is 5.91 Å². The first-order valence-corrected chi connectivity index (χ1v) is 7.71. The van der Waals surface area contributed by atoms with Gasteiger partial charge in [0.15, 0.2) is 0 Å². The van der Waals surface area contributed by atoms with E-state index in [2.05, 4.69) is 15.5 Å². The molecule has 1 aromatic carbocycles. The van der Waals surface area contributed by atoms with Crippen molar-refractivity contribution in [1.82, 2.24) is 20.4 Å². The number of amides is 3. The van der Waals surface area contributed by atoms with E-state index < -0.39 is 11.8 Å². The molecule has 3 amide bonds. The first-order chi connectivity index (χ1) is 11.5. The fourth-order valence-corrected chi connectivity index (χ4v) is 2.85. The molecular weight excluding hydrogens is 308 g/mol. The summed E-state index contributed by atoms with van der Waals surface area (Å²) in [7, 11) is 0. The second kappa shape index (κ2) is 6.27. The van der Waals surface area contributed by atoms with Gasteiger partial charge in [-0.15, -0.1) is 0 Å². The van der Waals surface area contributed by atoms with Crippen LogP contribution in [-0.2, 0) is 11.2 Å². The number of fused-ring (bicyclic) bond motifs is 1. The third-order valence-corrected chi connectivity index (χ3v) is 4.16. The van der Waals surface area contributed by atoms with Gasteiger partial charge in [-0.25, -0.2) is 0 Å². The molecule has 124 valence electrons. The van der Waals surface area contributed by atoms with Gasteiger partial charge < -0.3 is 5.32 Å². The van der Waals surface area contributed by atoms with Gasteiger partial charge in [-0.3, -0.25) is 24.4 Å². The minimum Gasteiger partial charge on any atom is -0.354 e. The molecule has 2 aromatic rings. The third-order valence-electron chi connectivity index (χ3n) is 4.16. The Morgan fingerprint density at radius 1 is 1.17 bits per heavy atom. The Hall–Kier alpha value is -2.96. The van der Waals surface area contributed by atoms with Crippen molar-refractivity contribution < 1.29 is 14.4 Å². The molecular formula is C17H18N4O3. The molecule has 0 saturated heterocycles. The van der Waals surface area contributed by atoms with Gasteiger partial charge in [0.25, 0.3) is 11.8 Å². The molecule has 7 nitrogen and oxygen atoms in total. The van der Waals surface area contributed by atoms with Crippen molar-refractivity contribution in [3.63, 3.8) is 0 Å². The van der Waals surface area contributed by atoms with E-state index >= 15 is 0 Å². The molecule has 24 heavy (non-hydrogen) atoms. The number of nitrogens with one attached hydrogen (secondary N) is 2. The molecule has 0 spiro atoms. The Bertz CT molecular complexity index is 770. The fourth-order valence-electron chi connectivity index (χ4n) is 2.85. The highest BCUT2D eigenvalue weighted by Crippen LogP contribution is 2.21. The van der Waals surface area contributed by atoms with Crippen LogP contribution in [0.4, 0.5) is 0 Å². The van der Waals surface area contributed by atoms with Crippen LogP contribution in [0.15, 0.2) is 24.3 Å². The van der Waals surface area contributed by atoms with Gasteiger partial charge in [-0.1, -0.05) is 12.1 Å². The van der Waals surface area contributed by atoms with Crippen molar-refractivity contribution in [2.24, 2.45) is 0 Å². The van der Waals surface area contributed by atoms with Crippen LogP contribution in [0.3, 0.4) is 0 Å². The number of carbonyl (C=O) groups excluding carboxylic acids is 3. The lowest BCUT2D eigenvalue weighted by atomic mass is 10.1. The van der Waals surface area contributed by atoms with E-state index in [4.69, 9.17) is 0 Å². The molecule has 0 saturated carbocycles. The van der Waals surface area contributed by atoms with Gasteiger partial charge >= 0.3 is 0 Å². The normalized spacial score (nSPS) is 13.3. The second-order valence-corrected chi connectivity index (χ2v) is 5.75. The molecule has 0 radical (unpaired) electrons. The Morgan fingerprint density at radius 3 is 2.33 bits per heavy atom. The predicted octanol–water partition coefficient (Wildman–Crippen LogP) is 0.981. The van der Waals surface area contributed by atoms with Gasteiger partial charge in [0.05, 0.1) is 16.8 Å². The topological polar surface area (TPSA) is 95.2 Å². The second-order valence-electron chi connectivity index (χ2n) is 5.75. The summed E-state index contributed by atoms with van der Waals surface area (Å²) >= 11 is 0. The minimum absolute atomic E-state index is 0.268. The number of aryl methyl sites for hydroxylation is 2. The van der Waals surface area contributed by atoms with Crippen LogP contribution >= 0.6 is 0 Å². The molecule has 1 aliphatic heterocycles. The zero-order chi connectivity index (χ0) is 17.3. The third kappa shape index (κ3) is 2.80. The Kier molecular flexibility index (Phi) is 4.16. The fraction of sp³-hybridized carbons (Fsp3) is 0.294. The lowest BCUT2D eigenvalue weighted by Crippen LogP contribution is -2.40. The van der Waals surface area contributed by atoms with Crippen LogP contribution in [-0.4, -0.2) is 45.9 Å². The van der Waals surface area contributed by atoms with Crippen LogP contribution < -0.4 is 5.32 Å². The Morgan fingerprint density at radius 2 is 1.79 bits per heavy atom. The number of hydrogen-bond acceptors (Lipinski definition) is 4. The Labute approximate surface area is 139 Å². The zero-order valence-electron chi connectivity index (χ0n) is 13.5. The largest absolute Gasteiger partial charge is 0.354 e. The summed E-state index contributed by atoms with van der Waals surface area (Å²) in [4.78, 5) is 37.4. The molecule has 1 aromatic heterocycles. The summed E-state index contributed by atoms with van der Waals surface area (Å²) in [5, 5.41) is 9.74. The SMILES string of the molecule is Cc1n[nH]c(C)c1CCNC(=O)CN1C(=O)c2ccccc2C1=O. The highest BCUT2D eigenvalue weighted by atomic mass is 16.2. The molecule has 0 atom stereocenters. The molecule has 0 bridgehead atoms. The number of H-pyrrole nitrogens is 1. The van der Waals surface area contributed by atoms with E-state index in [-0.39, 0.29) is 12.5 Å². The highest BCUT2D eigenvalue weighted by Gasteiger charge is 2.36. The number of rotatable bonds is 5. The quantitative estimate of drug-likeness (QED) is 0.801. The number of benzene rings is 1. The van der Waals surface area contributed by atoms with E-state index in [9.17, 15) is 14.4 Å². The van der Waals surface area contributed by atoms with E-state index in [1.165, 1.54) is 0 Å². The molecule has 2 N–H and O–H groups in total. The summed E-state index contributed by atoms with van der Waals surface area (Å²) < 4.78 is 0. The summed E-state index contributed by atoms with van der Waals surface area (Å²) in [6, 6.07) is 6.59. The minimum atomic E-state index is -0.424. The first kappa shape index (κ1) is 15.9. The number of aromatic amines is 1. The average Bonchev–Trinajstić information content (AvgIpc) is 3.01.